The Hall–Kier alpha value is -3.26. The van der Waals surface area contributed by atoms with Crippen LogP contribution in [0.2, 0.25) is 0 Å². The molecule has 0 fully saturated rings. The molecule has 8 heteroatoms. The highest BCUT2D eigenvalue weighted by molar-refractivity contribution is 6.04. The molecule has 8 nitrogen and oxygen atoms in total. The van der Waals surface area contributed by atoms with Gasteiger partial charge in [-0.2, -0.15) is 5.10 Å². The van der Waals surface area contributed by atoms with Crippen LogP contribution in [0.1, 0.15) is 46.1 Å². The van der Waals surface area contributed by atoms with Crippen LogP contribution in [0.3, 0.4) is 0 Å². The standard InChI is InChI=1S/C24H29N3O5/c1-15(2)13-27-23(29)19-9-7-6-8-18(19)22(25-27)24(30)32-14-21(28)20-12-16(3)26(17(20)4)10-11-31-5/h6-9,12,15H,10-11,13-14H2,1-5H3. The second kappa shape index (κ2) is 9.91. The van der Waals surface area contributed by atoms with Crippen LogP contribution in [0.4, 0.5) is 0 Å². The van der Waals surface area contributed by atoms with Crippen molar-refractivity contribution in [2.45, 2.75) is 40.8 Å². The zero-order chi connectivity index (χ0) is 23.4. The van der Waals surface area contributed by atoms with E-state index in [2.05, 4.69) is 5.10 Å². The summed E-state index contributed by atoms with van der Waals surface area (Å²) in [5.41, 5.74) is 2.01. The van der Waals surface area contributed by atoms with Gasteiger partial charge in [0, 0.05) is 42.5 Å². The summed E-state index contributed by atoms with van der Waals surface area (Å²) < 4.78 is 13.7. The smallest absolute Gasteiger partial charge is 0.359 e. The van der Waals surface area contributed by atoms with Gasteiger partial charge in [0.05, 0.1) is 12.0 Å². The van der Waals surface area contributed by atoms with Crippen molar-refractivity contribution >= 4 is 22.5 Å². The van der Waals surface area contributed by atoms with Crippen molar-refractivity contribution in [2.24, 2.45) is 5.92 Å². The molecule has 3 aromatic rings. The first-order valence-electron chi connectivity index (χ1n) is 10.6. The minimum absolute atomic E-state index is 0.0271. The van der Waals surface area contributed by atoms with E-state index < -0.39 is 12.6 Å². The van der Waals surface area contributed by atoms with Crippen molar-refractivity contribution in [2.75, 3.05) is 20.3 Å². The largest absolute Gasteiger partial charge is 0.452 e. The topological polar surface area (TPSA) is 92.4 Å². The van der Waals surface area contributed by atoms with Crippen molar-refractivity contribution < 1.29 is 19.1 Å². The van der Waals surface area contributed by atoms with E-state index in [9.17, 15) is 14.4 Å². The molecule has 0 spiro atoms. The number of aryl methyl sites for hydroxylation is 1. The highest BCUT2D eigenvalue weighted by atomic mass is 16.5. The number of benzene rings is 1. The maximum absolute atomic E-state index is 12.9. The van der Waals surface area contributed by atoms with Gasteiger partial charge in [0.2, 0.25) is 5.78 Å². The van der Waals surface area contributed by atoms with E-state index in [4.69, 9.17) is 9.47 Å². The molecule has 0 saturated heterocycles. The first-order chi connectivity index (χ1) is 15.2. The Kier molecular flexibility index (Phi) is 7.25. The predicted molar refractivity (Wildman–Crippen MR) is 121 cm³/mol. The fourth-order valence-corrected chi connectivity index (χ4v) is 3.74. The highest BCUT2D eigenvalue weighted by Gasteiger charge is 2.21. The Labute approximate surface area is 186 Å². The summed E-state index contributed by atoms with van der Waals surface area (Å²) in [6.07, 6.45) is 0. The summed E-state index contributed by atoms with van der Waals surface area (Å²) in [7, 11) is 1.63. The molecule has 0 radical (unpaired) electrons. The molecule has 3 rings (SSSR count). The molecule has 0 N–H and O–H groups in total. The number of ketones is 1. The lowest BCUT2D eigenvalue weighted by Crippen LogP contribution is -2.28. The zero-order valence-electron chi connectivity index (χ0n) is 19.2. The van der Waals surface area contributed by atoms with Crippen LogP contribution in [0.5, 0.6) is 0 Å². The Morgan fingerprint density at radius 1 is 1.12 bits per heavy atom. The van der Waals surface area contributed by atoms with Crippen LogP contribution in [0.25, 0.3) is 10.8 Å². The Morgan fingerprint density at radius 2 is 1.81 bits per heavy atom. The van der Waals surface area contributed by atoms with Crippen molar-refractivity contribution in [3.63, 3.8) is 0 Å². The van der Waals surface area contributed by atoms with Crippen molar-refractivity contribution in [3.05, 3.63) is 63.3 Å². The number of esters is 1. The number of hydrogen-bond donors (Lipinski definition) is 0. The van der Waals surface area contributed by atoms with Crippen LogP contribution in [-0.4, -0.2) is 46.4 Å². The van der Waals surface area contributed by atoms with E-state index in [-0.39, 0.29) is 23.0 Å². The minimum atomic E-state index is -0.736. The number of carbonyl (C=O) groups is 2. The number of hydrogen-bond acceptors (Lipinski definition) is 6. The van der Waals surface area contributed by atoms with E-state index in [0.29, 0.717) is 36.0 Å². The molecule has 0 amide bonds. The van der Waals surface area contributed by atoms with E-state index in [1.807, 2.05) is 32.3 Å². The number of carbonyl (C=O) groups excluding carboxylic acids is 2. The summed E-state index contributed by atoms with van der Waals surface area (Å²) in [6, 6.07) is 8.57. The fraction of sp³-hybridized carbons (Fsp3) is 0.417. The number of ether oxygens (including phenoxy) is 2. The quantitative estimate of drug-likeness (QED) is 0.376. The summed E-state index contributed by atoms with van der Waals surface area (Å²) >= 11 is 0. The Balaban J connectivity index is 1.84. The average molecular weight is 440 g/mol. The van der Waals surface area contributed by atoms with Crippen molar-refractivity contribution in [3.8, 4) is 0 Å². The van der Waals surface area contributed by atoms with Crippen LogP contribution >= 0.6 is 0 Å². The maximum Gasteiger partial charge on any atom is 0.359 e. The second-order valence-electron chi connectivity index (χ2n) is 8.20. The second-order valence-corrected chi connectivity index (χ2v) is 8.20. The lowest BCUT2D eigenvalue weighted by atomic mass is 10.1. The normalized spacial score (nSPS) is 11.3. The molecule has 0 saturated carbocycles. The third-order valence-corrected chi connectivity index (χ3v) is 5.33. The zero-order valence-corrected chi connectivity index (χ0v) is 19.2. The van der Waals surface area contributed by atoms with Crippen LogP contribution in [0, 0.1) is 19.8 Å². The molecule has 0 bridgehead atoms. The predicted octanol–water partition coefficient (Wildman–Crippen LogP) is 3.16. The molecule has 0 aliphatic carbocycles. The summed E-state index contributed by atoms with van der Waals surface area (Å²) in [5, 5.41) is 5.06. The summed E-state index contributed by atoms with van der Waals surface area (Å²) in [5.74, 6) is -0.865. The van der Waals surface area contributed by atoms with Gasteiger partial charge in [-0.25, -0.2) is 9.48 Å². The molecule has 0 atom stereocenters. The third-order valence-electron chi connectivity index (χ3n) is 5.33. The lowest BCUT2D eigenvalue weighted by Gasteiger charge is -2.12. The highest BCUT2D eigenvalue weighted by Crippen LogP contribution is 2.18. The van der Waals surface area contributed by atoms with Crippen LogP contribution in [0.15, 0.2) is 35.1 Å². The van der Waals surface area contributed by atoms with Crippen LogP contribution < -0.4 is 5.56 Å². The summed E-state index contributed by atoms with van der Waals surface area (Å²) in [6.45, 7) is 8.82. The van der Waals surface area contributed by atoms with Gasteiger partial charge < -0.3 is 14.0 Å². The fourth-order valence-electron chi connectivity index (χ4n) is 3.74. The number of fused-ring (bicyclic) bond motifs is 1. The molecule has 1 aromatic carbocycles. The van der Waals surface area contributed by atoms with Gasteiger partial charge in [-0.05, 0) is 31.9 Å². The van der Waals surface area contributed by atoms with Gasteiger partial charge >= 0.3 is 5.97 Å². The first-order valence-corrected chi connectivity index (χ1v) is 10.6. The maximum atomic E-state index is 12.9. The van der Waals surface area contributed by atoms with E-state index >= 15 is 0 Å². The molecule has 0 unspecified atom stereocenters. The monoisotopic (exact) mass is 439 g/mol. The van der Waals surface area contributed by atoms with Gasteiger partial charge in [-0.3, -0.25) is 9.59 Å². The number of rotatable bonds is 9. The Bertz CT molecular complexity index is 1210. The molecule has 32 heavy (non-hydrogen) atoms. The SMILES string of the molecule is COCCn1c(C)cc(C(=O)COC(=O)c2nn(CC(C)C)c(=O)c3ccccc23)c1C. The summed E-state index contributed by atoms with van der Waals surface area (Å²) in [4.78, 5) is 38.4. The van der Waals surface area contributed by atoms with Gasteiger partial charge in [0.15, 0.2) is 12.3 Å². The van der Waals surface area contributed by atoms with E-state index in [1.165, 1.54) is 4.68 Å². The Morgan fingerprint density at radius 3 is 2.47 bits per heavy atom. The molecular formula is C24H29N3O5. The first kappa shape index (κ1) is 23.4. The molecule has 2 aromatic heterocycles. The number of Topliss-reactive ketones (excluding diaryl/α,β-unsaturated/α-hetero) is 1. The number of nitrogens with zero attached hydrogens (tertiary/aromatic N) is 3. The van der Waals surface area contributed by atoms with Crippen LogP contribution in [-0.2, 0) is 22.6 Å². The molecule has 0 aliphatic heterocycles. The third kappa shape index (κ3) is 4.80. The van der Waals surface area contributed by atoms with Gasteiger partial charge in [-0.15, -0.1) is 0 Å². The number of aromatic nitrogens is 3. The van der Waals surface area contributed by atoms with Gasteiger partial charge in [0.25, 0.3) is 5.56 Å². The molecular weight excluding hydrogens is 410 g/mol. The molecule has 0 aliphatic rings. The van der Waals surface area contributed by atoms with Gasteiger partial charge in [-0.1, -0.05) is 32.0 Å². The average Bonchev–Trinajstić information content (AvgIpc) is 3.05. The molecule has 170 valence electrons. The van der Waals surface area contributed by atoms with Crippen molar-refractivity contribution in [1.82, 2.24) is 14.3 Å². The van der Waals surface area contributed by atoms with Gasteiger partial charge in [0.1, 0.15) is 0 Å². The van der Waals surface area contributed by atoms with Crippen molar-refractivity contribution in [1.29, 1.82) is 0 Å². The minimum Gasteiger partial charge on any atom is -0.452 e. The number of methoxy groups -OCH3 is 1. The lowest BCUT2D eigenvalue weighted by molar-refractivity contribution is 0.0468. The molecule has 2 heterocycles. The van der Waals surface area contributed by atoms with E-state index in [0.717, 1.165) is 11.4 Å². The van der Waals surface area contributed by atoms with E-state index in [1.54, 1.807) is 37.4 Å².